The Hall–Kier alpha value is -2.11. The summed E-state index contributed by atoms with van der Waals surface area (Å²) in [7, 11) is 0. The van der Waals surface area contributed by atoms with Gasteiger partial charge in [0.2, 0.25) is 0 Å². The second-order valence-corrected chi connectivity index (χ2v) is 8.24. The van der Waals surface area contributed by atoms with Gasteiger partial charge in [0, 0.05) is 42.5 Å². The summed E-state index contributed by atoms with van der Waals surface area (Å²) in [5, 5.41) is 5.24. The van der Waals surface area contributed by atoms with Gasteiger partial charge in [-0.3, -0.25) is 0 Å². The van der Waals surface area contributed by atoms with Crippen LogP contribution in [0.3, 0.4) is 0 Å². The number of halogens is 1. The smallest absolute Gasteiger partial charge is 0.137 e. The van der Waals surface area contributed by atoms with E-state index >= 15 is 0 Å². The Labute approximate surface area is 164 Å². The van der Waals surface area contributed by atoms with Crippen LogP contribution in [0.25, 0.3) is 22.2 Å². The summed E-state index contributed by atoms with van der Waals surface area (Å²) in [6.07, 6.45) is 9.03. The van der Waals surface area contributed by atoms with Crippen molar-refractivity contribution in [2.75, 3.05) is 25.0 Å². The van der Waals surface area contributed by atoms with E-state index in [0.29, 0.717) is 11.2 Å². The Bertz CT molecular complexity index is 949. The zero-order chi connectivity index (χ0) is 18.2. The number of piperidine rings is 1. The van der Waals surface area contributed by atoms with Crippen LogP contribution >= 0.6 is 11.6 Å². The number of aromatic nitrogens is 3. The van der Waals surface area contributed by atoms with Gasteiger partial charge in [-0.05, 0) is 68.0 Å². The first-order valence-electron chi connectivity index (χ1n) is 9.83. The Morgan fingerprint density at radius 2 is 2.19 bits per heavy atom. The number of H-pyrrole nitrogens is 1. The molecular weight excluding hydrogens is 358 g/mol. The molecule has 3 aromatic heterocycles. The van der Waals surface area contributed by atoms with Gasteiger partial charge in [0.05, 0.1) is 0 Å². The molecule has 1 saturated carbocycles. The van der Waals surface area contributed by atoms with E-state index in [4.69, 9.17) is 11.6 Å². The van der Waals surface area contributed by atoms with E-state index in [1.165, 1.54) is 38.8 Å². The molecule has 0 radical (unpaired) electrons. The third-order valence-corrected chi connectivity index (χ3v) is 5.82. The molecule has 0 bridgehead atoms. The quantitative estimate of drug-likeness (QED) is 0.636. The van der Waals surface area contributed by atoms with Gasteiger partial charge in [0.25, 0.3) is 0 Å². The largest absolute Gasteiger partial charge is 0.366 e. The molecule has 2 fully saturated rings. The third kappa shape index (κ3) is 3.80. The first-order chi connectivity index (χ1) is 13.2. The lowest BCUT2D eigenvalue weighted by molar-refractivity contribution is 0.208. The van der Waals surface area contributed by atoms with E-state index in [1.54, 1.807) is 6.20 Å². The highest BCUT2D eigenvalue weighted by molar-refractivity contribution is 6.29. The van der Waals surface area contributed by atoms with Crippen molar-refractivity contribution in [2.45, 2.75) is 31.7 Å². The number of pyridine rings is 2. The molecule has 2 aliphatic rings. The van der Waals surface area contributed by atoms with Crippen molar-refractivity contribution < 1.29 is 0 Å². The Kier molecular flexibility index (Phi) is 4.50. The summed E-state index contributed by atoms with van der Waals surface area (Å²) in [6.45, 7) is 3.58. The maximum atomic E-state index is 6.35. The number of fused-ring (bicyclic) bond motifs is 1. The molecule has 1 aliphatic heterocycles. The minimum absolute atomic E-state index is 0.431. The van der Waals surface area contributed by atoms with Gasteiger partial charge in [-0.25, -0.2) is 9.97 Å². The van der Waals surface area contributed by atoms with E-state index in [1.807, 2.05) is 18.3 Å². The predicted molar refractivity (Wildman–Crippen MR) is 110 cm³/mol. The molecule has 1 unspecified atom stereocenters. The van der Waals surface area contributed by atoms with Crippen molar-refractivity contribution in [3.63, 3.8) is 0 Å². The average Bonchev–Trinajstić information content (AvgIpc) is 3.36. The fraction of sp³-hybridized carbons (Fsp3) is 0.429. The van der Waals surface area contributed by atoms with Crippen molar-refractivity contribution in [1.29, 1.82) is 0 Å². The number of hydrogen-bond donors (Lipinski definition) is 2. The lowest BCUT2D eigenvalue weighted by atomic mass is 10.0. The highest BCUT2D eigenvalue weighted by Crippen LogP contribution is 2.32. The normalized spacial score (nSPS) is 20.9. The highest BCUT2D eigenvalue weighted by Gasteiger charge is 2.27. The van der Waals surface area contributed by atoms with Crippen LogP contribution in [-0.2, 0) is 0 Å². The van der Waals surface area contributed by atoms with Gasteiger partial charge in [0.1, 0.15) is 16.6 Å². The topological polar surface area (TPSA) is 56.8 Å². The van der Waals surface area contributed by atoms with Crippen molar-refractivity contribution in [3.8, 4) is 11.1 Å². The number of nitrogens with zero attached hydrogens (tertiary/aromatic N) is 3. The molecule has 140 valence electrons. The van der Waals surface area contributed by atoms with Crippen LogP contribution in [-0.4, -0.2) is 45.5 Å². The van der Waals surface area contributed by atoms with E-state index in [2.05, 4.69) is 37.3 Å². The number of likely N-dealkylation sites (tertiary alicyclic amines) is 1. The molecule has 5 rings (SSSR count). The van der Waals surface area contributed by atoms with Crippen LogP contribution in [0.5, 0.6) is 0 Å². The number of hydrogen-bond acceptors (Lipinski definition) is 4. The van der Waals surface area contributed by atoms with E-state index in [9.17, 15) is 0 Å². The van der Waals surface area contributed by atoms with Crippen molar-refractivity contribution in [3.05, 3.63) is 41.8 Å². The van der Waals surface area contributed by atoms with Gasteiger partial charge in [-0.15, -0.1) is 0 Å². The van der Waals surface area contributed by atoms with Crippen LogP contribution in [0.2, 0.25) is 5.15 Å². The first kappa shape index (κ1) is 17.0. The summed E-state index contributed by atoms with van der Waals surface area (Å²) >= 11 is 6.35. The lowest BCUT2D eigenvalue weighted by Gasteiger charge is -2.33. The zero-order valence-corrected chi connectivity index (χ0v) is 16.0. The van der Waals surface area contributed by atoms with Crippen molar-refractivity contribution in [2.24, 2.45) is 5.92 Å². The lowest BCUT2D eigenvalue weighted by Crippen LogP contribution is -2.43. The molecule has 1 saturated heterocycles. The Morgan fingerprint density at radius 1 is 1.26 bits per heavy atom. The van der Waals surface area contributed by atoms with Gasteiger partial charge in [0.15, 0.2) is 0 Å². The van der Waals surface area contributed by atoms with Gasteiger partial charge >= 0.3 is 0 Å². The van der Waals surface area contributed by atoms with Crippen LogP contribution in [0.1, 0.15) is 25.7 Å². The van der Waals surface area contributed by atoms with Gasteiger partial charge < -0.3 is 15.2 Å². The molecular formula is C21H24ClN5. The molecule has 3 aromatic rings. The highest BCUT2D eigenvalue weighted by atomic mass is 35.5. The van der Waals surface area contributed by atoms with Crippen molar-refractivity contribution >= 4 is 28.5 Å². The van der Waals surface area contributed by atoms with Crippen LogP contribution in [0.4, 0.5) is 5.82 Å². The number of anilines is 1. The SMILES string of the molecule is Clc1cc(-c2c[nH]c3ncccc23)cc(NC2CCCN(CC3CC3)C2)n1. The van der Waals surface area contributed by atoms with Crippen LogP contribution in [0, 0.1) is 5.92 Å². The molecule has 0 spiro atoms. The molecule has 4 heterocycles. The van der Waals surface area contributed by atoms with Crippen molar-refractivity contribution in [1.82, 2.24) is 19.9 Å². The summed E-state index contributed by atoms with van der Waals surface area (Å²) < 4.78 is 0. The summed E-state index contributed by atoms with van der Waals surface area (Å²) in [5.74, 6) is 1.80. The second kappa shape index (κ2) is 7.13. The second-order valence-electron chi connectivity index (χ2n) is 7.85. The molecule has 5 nitrogen and oxygen atoms in total. The third-order valence-electron chi connectivity index (χ3n) is 5.63. The molecule has 2 N–H and O–H groups in total. The predicted octanol–water partition coefficient (Wildman–Crippen LogP) is 4.56. The van der Waals surface area contributed by atoms with E-state index in [-0.39, 0.29) is 0 Å². The Morgan fingerprint density at radius 3 is 3.07 bits per heavy atom. The summed E-state index contributed by atoms with van der Waals surface area (Å²) in [5.41, 5.74) is 3.05. The molecule has 0 aromatic carbocycles. The minimum atomic E-state index is 0.431. The van der Waals surface area contributed by atoms with E-state index in [0.717, 1.165) is 40.4 Å². The summed E-state index contributed by atoms with van der Waals surface area (Å²) in [6, 6.07) is 8.48. The Balaban J connectivity index is 1.37. The summed E-state index contributed by atoms with van der Waals surface area (Å²) in [4.78, 5) is 14.7. The van der Waals surface area contributed by atoms with Gasteiger partial charge in [-0.2, -0.15) is 0 Å². The van der Waals surface area contributed by atoms with Crippen LogP contribution in [0.15, 0.2) is 36.7 Å². The van der Waals surface area contributed by atoms with Gasteiger partial charge in [-0.1, -0.05) is 11.6 Å². The number of nitrogens with one attached hydrogen (secondary N) is 2. The standard InChI is InChI=1S/C21H24ClN5/c22-19-9-15(18-11-24-21-17(18)4-1-7-23-21)10-20(26-19)25-16-3-2-8-27(13-16)12-14-5-6-14/h1,4,7,9-11,14,16H,2-3,5-6,8,12-13H2,(H,23,24)(H,25,26). The maximum Gasteiger partial charge on any atom is 0.137 e. The zero-order valence-electron chi connectivity index (χ0n) is 15.3. The fourth-order valence-corrected chi connectivity index (χ4v) is 4.34. The number of rotatable bonds is 5. The van der Waals surface area contributed by atoms with E-state index < -0.39 is 0 Å². The molecule has 1 aliphatic carbocycles. The number of aromatic amines is 1. The molecule has 0 amide bonds. The average molecular weight is 382 g/mol. The maximum absolute atomic E-state index is 6.35. The monoisotopic (exact) mass is 381 g/mol. The first-order valence-corrected chi connectivity index (χ1v) is 10.2. The molecule has 27 heavy (non-hydrogen) atoms. The fourth-order valence-electron chi connectivity index (χ4n) is 4.14. The molecule has 1 atom stereocenters. The minimum Gasteiger partial charge on any atom is -0.366 e. The van der Waals surface area contributed by atoms with Crippen LogP contribution < -0.4 is 5.32 Å². The molecule has 6 heteroatoms.